The molecule has 2 aromatic rings. The number of benzene rings is 1. The highest BCUT2D eigenvalue weighted by Gasteiger charge is 2.21. The maximum Gasteiger partial charge on any atom is 0.240 e. The molecule has 0 fully saturated rings. The third-order valence-electron chi connectivity index (χ3n) is 3.65. The highest BCUT2D eigenvalue weighted by atomic mass is 32.2. The van der Waals surface area contributed by atoms with Crippen LogP contribution in [0.1, 0.15) is 22.7 Å². The Morgan fingerprint density at radius 1 is 1.23 bits per heavy atom. The van der Waals surface area contributed by atoms with E-state index < -0.39 is 10.0 Å². The predicted molar refractivity (Wildman–Crippen MR) is 91.9 cm³/mol. The third kappa shape index (κ3) is 3.95. The summed E-state index contributed by atoms with van der Waals surface area (Å²) in [7, 11) is 0.399. The van der Waals surface area contributed by atoms with Crippen LogP contribution in [0.5, 0.6) is 0 Å². The largest absolute Gasteiger partial charge is 0.301 e. The van der Waals surface area contributed by atoms with Gasteiger partial charge < -0.3 is 4.90 Å². The van der Waals surface area contributed by atoms with E-state index in [1.165, 1.54) is 0 Å². The number of thiophene rings is 1. The molecule has 1 aromatic carbocycles. The standard InChI is InChI=1S/C16H22N2O2S2/c1-12-5-6-13(2)16(9-12)22(19,20)17-10-15(18(3)4)14-7-8-21-11-14/h5-9,11,15,17H,10H2,1-4H3. The smallest absolute Gasteiger partial charge is 0.240 e. The molecule has 0 saturated carbocycles. The van der Waals surface area contributed by atoms with Crippen LogP contribution in [0, 0.1) is 13.8 Å². The van der Waals surface area contributed by atoms with Gasteiger partial charge in [-0.1, -0.05) is 12.1 Å². The lowest BCUT2D eigenvalue weighted by Crippen LogP contribution is -2.34. The number of likely N-dealkylation sites (N-methyl/N-ethyl adjacent to an activating group) is 1. The van der Waals surface area contributed by atoms with Crippen molar-refractivity contribution in [2.45, 2.75) is 24.8 Å². The molecule has 0 aliphatic rings. The molecule has 0 aliphatic carbocycles. The number of nitrogens with zero attached hydrogens (tertiary/aromatic N) is 1. The fraction of sp³-hybridized carbons (Fsp3) is 0.375. The van der Waals surface area contributed by atoms with Crippen molar-refractivity contribution in [2.75, 3.05) is 20.6 Å². The molecule has 1 N–H and O–H groups in total. The van der Waals surface area contributed by atoms with Gasteiger partial charge in [-0.15, -0.1) is 0 Å². The molecule has 1 heterocycles. The van der Waals surface area contributed by atoms with Crippen molar-refractivity contribution in [1.29, 1.82) is 0 Å². The van der Waals surface area contributed by atoms with E-state index in [0.29, 0.717) is 11.4 Å². The molecule has 0 spiro atoms. The van der Waals surface area contributed by atoms with Crippen molar-refractivity contribution < 1.29 is 8.42 Å². The van der Waals surface area contributed by atoms with Crippen LogP contribution in [0.15, 0.2) is 39.9 Å². The monoisotopic (exact) mass is 338 g/mol. The molecule has 1 atom stereocenters. The molecule has 1 unspecified atom stereocenters. The van der Waals surface area contributed by atoms with Gasteiger partial charge in [-0.2, -0.15) is 11.3 Å². The van der Waals surface area contributed by atoms with Crippen LogP contribution in [0.25, 0.3) is 0 Å². The molecular formula is C16H22N2O2S2. The van der Waals surface area contributed by atoms with Crippen molar-refractivity contribution in [1.82, 2.24) is 9.62 Å². The summed E-state index contributed by atoms with van der Waals surface area (Å²) >= 11 is 1.62. The lowest BCUT2D eigenvalue weighted by atomic mass is 10.1. The molecular weight excluding hydrogens is 316 g/mol. The third-order valence-corrected chi connectivity index (χ3v) is 5.92. The van der Waals surface area contributed by atoms with Gasteiger partial charge in [0.1, 0.15) is 0 Å². The lowest BCUT2D eigenvalue weighted by molar-refractivity contribution is 0.300. The summed E-state index contributed by atoms with van der Waals surface area (Å²) in [5.74, 6) is 0. The van der Waals surface area contributed by atoms with Crippen molar-refractivity contribution in [3.8, 4) is 0 Å². The Balaban J connectivity index is 2.20. The fourth-order valence-corrected chi connectivity index (χ4v) is 4.40. The van der Waals surface area contributed by atoms with Gasteiger partial charge in [-0.3, -0.25) is 0 Å². The summed E-state index contributed by atoms with van der Waals surface area (Å²) in [6.45, 7) is 4.06. The fourth-order valence-electron chi connectivity index (χ4n) is 2.33. The molecule has 120 valence electrons. The number of hydrogen-bond donors (Lipinski definition) is 1. The minimum atomic E-state index is -3.51. The molecule has 22 heavy (non-hydrogen) atoms. The minimum absolute atomic E-state index is 0.0196. The van der Waals surface area contributed by atoms with Gasteiger partial charge in [0.15, 0.2) is 0 Å². The van der Waals surface area contributed by atoms with E-state index in [0.717, 1.165) is 16.7 Å². The van der Waals surface area contributed by atoms with Gasteiger partial charge in [-0.05, 0) is 67.5 Å². The van der Waals surface area contributed by atoms with E-state index >= 15 is 0 Å². The number of sulfonamides is 1. The first-order valence-corrected chi connectivity index (χ1v) is 9.49. The summed E-state index contributed by atoms with van der Waals surface area (Å²) in [5.41, 5.74) is 2.82. The maximum absolute atomic E-state index is 12.6. The van der Waals surface area contributed by atoms with Crippen molar-refractivity contribution >= 4 is 21.4 Å². The molecule has 1 aromatic heterocycles. The number of rotatable bonds is 6. The molecule has 0 bridgehead atoms. The highest BCUT2D eigenvalue weighted by Crippen LogP contribution is 2.22. The average Bonchev–Trinajstić information content (AvgIpc) is 2.95. The van der Waals surface area contributed by atoms with Gasteiger partial charge in [0.2, 0.25) is 10.0 Å². The molecule has 0 amide bonds. The number of hydrogen-bond acceptors (Lipinski definition) is 4. The van der Waals surface area contributed by atoms with Crippen LogP contribution in [0.4, 0.5) is 0 Å². The predicted octanol–water partition coefficient (Wildman–Crippen LogP) is 2.95. The topological polar surface area (TPSA) is 49.4 Å². The molecule has 2 rings (SSSR count). The quantitative estimate of drug-likeness (QED) is 0.881. The van der Waals surface area contributed by atoms with Crippen LogP contribution in [0.3, 0.4) is 0 Å². The summed E-state index contributed by atoms with van der Waals surface area (Å²) in [6.07, 6.45) is 0. The average molecular weight is 338 g/mol. The zero-order chi connectivity index (χ0) is 16.3. The molecule has 6 heteroatoms. The zero-order valence-corrected chi connectivity index (χ0v) is 15.0. The Labute approximate surface area is 136 Å². The zero-order valence-electron chi connectivity index (χ0n) is 13.3. The molecule has 0 radical (unpaired) electrons. The molecule has 4 nitrogen and oxygen atoms in total. The van der Waals surface area contributed by atoms with Crippen LogP contribution in [-0.4, -0.2) is 34.0 Å². The Morgan fingerprint density at radius 2 is 1.95 bits per heavy atom. The Kier molecular flexibility index (Phi) is 5.39. The Morgan fingerprint density at radius 3 is 2.55 bits per heavy atom. The van der Waals surface area contributed by atoms with Crippen LogP contribution >= 0.6 is 11.3 Å². The first kappa shape index (κ1) is 17.1. The Bertz CT molecular complexity index is 723. The minimum Gasteiger partial charge on any atom is -0.301 e. The second-order valence-corrected chi connectivity index (χ2v) is 8.17. The van der Waals surface area contributed by atoms with E-state index in [2.05, 4.69) is 10.1 Å². The Hall–Kier alpha value is -1.21. The van der Waals surface area contributed by atoms with E-state index in [9.17, 15) is 8.42 Å². The summed E-state index contributed by atoms with van der Waals surface area (Å²) in [6, 6.07) is 7.52. The van der Waals surface area contributed by atoms with Crippen molar-refractivity contribution in [3.63, 3.8) is 0 Å². The van der Waals surface area contributed by atoms with Gasteiger partial charge in [-0.25, -0.2) is 13.1 Å². The first-order chi connectivity index (χ1) is 10.3. The van der Waals surface area contributed by atoms with Crippen LogP contribution in [-0.2, 0) is 10.0 Å². The van der Waals surface area contributed by atoms with Gasteiger partial charge in [0, 0.05) is 12.6 Å². The van der Waals surface area contributed by atoms with E-state index in [1.54, 1.807) is 17.4 Å². The van der Waals surface area contributed by atoms with Crippen LogP contribution < -0.4 is 4.72 Å². The number of aryl methyl sites for hydroxylation is 2. The van der Waals surface area contributed by atoms with Crippen molar-refractivity contribution in [2.24, 2.45) is 0 Å². The van der Waals surface area contributed by atoms with Gasteiger partial charge >= 0.3 is 0 Å². The SMILES string of the molecule is Cc1ccc(C)c(S(=O)(=O)NCC(c2ccsc2)N(C)C)c1. The van der Waals surface area contributed by atoms with E-state index in [4.69, 9.17) is 0 Å². The van der Waals surface area contributed by atoms with Gasteiger partial charge in [0.05, 0.1) is 4.90 Å². The highest BCUT2D eigenvalue weighted by molar-refractivity contribution is 7.89. The van der Waals surface area contributed by atoms with E-state index in [-0.39, 0.29) is 6.04 Å². The lowest BCUT2D eigenvalue weighted by Gasteiger charge is -2.24. The number of nitrogens with one attached hydrogen (secondary N) is 1. The van der Waals surface area contributed by atoms with Crippen LogP contribution in [0.2, 0.25) is 0 Å². The molecule has 0 saturated heterocycles. The summed E-state index contributed by atoms with van der Waals surface area (Å²) in [5, 5.41) is 4.06. The second-order valence-electron chi connectivity index (χ2n) is 5.66. The van der Waals surface area contributed by atoms with Gasteiger partial charge in [0.25, 0.3) is 0 Å². The second kappa shape index (κ2) is 6.91. The molecule has 0 aliphatic heterocycles. The maximum atomic E-state index is 12.6. The summed E-state index contributed by atoms with van der Waals surface area (Å²) in [4.78, 5) is 2.38. The first-order valence-electron chi connectivity index (χ1n) is 7.06. The normalized spacial score (nSPS) is 13.5. The van der Waals surface area contributed by atoms with E-state index in [1.807, 2.05) is 56.4 Å². The summed E-state index contributed by atoms with van der Waals surface area (Å²) < 4.78 is 27.9. The van der Waals surface area contributed by atoms with Crippen molar-refractivity contribution in [3.05, 3.63) is 51.7 Å².